The summed E-state index contributed by atoms with van der Waals surface area (Å²) in [5, 5.41) is 3.78. The first kappa shape index (κ1) is 19.0. The second kappa shape index (κ2) is 10.6. The van der Waals surface area contributed by atoms with Crippen LogP contribution in [-0.2, 0) is 0 Å². The molecule has 0 heterocycles. The van der Waals surface area contributed by atoms with E-state index < -0.39 is 0 Å². The second-order valence-electron chi connectivity index (χ2n) is 7.29. The van der Waals surface area contributed by atoms with E-state index in [1.54, 1.807) is 0 Å². The van der Waals surface area contributed by atoms with Gasteiger partial charge in [0, 0.05) is 18.1 Å². The van der Waals surface area contributed by atoms with Gasteiger partial charge in [0.05, 0.1) is 0 Å². The quantitative estimate of drug-likeness (QED) is 0.587. The summed E-state index contributed by atoms with van der Waals surface area (Å²) in [6.45, 7) is 14.1. The maximum absolute atomic E-state index is 3.78. The molecule has 0 spiro atoms. The Kier molecular flexibility index (Phi) is 9.59. The van der Waals surface area contributed by atoms with Crippen molar-refractivity contribution in [3.8, 4) is 0 Å². The molecule has 0 bridgehead atoms. The smallest absolute Gasteiger partial charge is 0.0249 e. The van der Waals surface area contributed by atoms with Crippen molar-refractivity contribution in [2.24, 2.45) is 5.92 Å². The van der Waals surface area contributed by atoms with Gasteiger partial charge in [-0.2, -0.15) is 0 Å². The molecule has 2 unspecified atom stereocenters. The van der Waals surface area contributed by atoms with Gasteiger partial charge < -0.3 is 5.32 Å². The summed E-state index contributed by atoms with van der Waals surface area (Å²) in [7, 11) is 0. The minimum atomic E-state index is 0.678. The van der Waals surface area contributed by atoms with E-state index in [1.807, 2.05) is 0 Å². The highest BCUT2D eigenvalue weighted by Gasteiger charge is 2.31. The van der Waals surface area contributed by atoms with Crippen LogP contribution in [0, 0.1) is 5.92 Å². The number of hydrogen-bond donors (Lipinski definition) is 1. The van der Waals surface area contributed by atoms with Crippen molar-refractivity contribution < 1.29 is 0 Å². The molecule has 1 aliphatic carbocycles. The van der Waals surface area contributed by atoms with Gasteiger partial charge in [0.25, 0.3) is 0 Å². The highest BCUT2D eigenvalue weighted by atomic mass is 15.2. The average molecular weight is 297 g/mol. The van der Waals surface area contributed by atoms with Gasteiger partial charge in [-0.3, -0.25) is 4.90 Å². The monoisotopic (exact) mass is 296 g/mol. The third kappa shape index (κ3) is 6.28. The van der Waals surface area contributed by atoms with Crippen molar-refractivity contribution in [1.82, 2.24) is 10.2 Å². The predicted octanol–water partition coefficient (Wildman–Crippen LogP) is 4.83. The van der Waals surface area contributed by atoms with Crippen molar-refractivity contribution in [1.29, 1.82) is 0 Å². The van der Waals surface area contributed by atoms with Gasteiger partial charge in [0.15, 0.2) is 0 Å². The van der Waals surface area contributed by atoms with Gasteiger partial charge in [-0.25, -0.2) is 0 Å². The highest BCUT2D eigenvalue weighted by molar-refractivity contribution is 4.89. The standard InChI is InChI=1S/C19H40N2/c1-6-11-18(20-8-3)19(7-2)21(15-14-16(4)5)17-12-9-10-13-17/h16-20H,6-15H2,1-5H3. The van der Waals surface area contributed by atoms with Gasteiger partial charge in [0.1, 0.15) is 0 Å². The molecule has 1 aliphatic rings. The average Bonchev–Trinajstić information content (AvgIpc) is 2.97. The Morgan fingerprint density at radius 2 is 1.71 bits per heavy atom. The summed E-state index contributed by atoms with van der Waals surface area (Å²) in [6.07, 6.45) is 11.0. The van der Waals surface area contributed by atoms with Crippen LogP contribution in [0.4, 0.5) is 0 Å². The number of rotatable bonds is 11. The van der Waals surface area contributed by atoms with E-state index in [-0.39, 0.29) is 0 Å². The zero-order valence-corrected chi connectivity index (χ0v) is 15.3. The molecule has 1 rings (SSSR count). The predicted molar refractivity (Wildman–Crippen MR) is 94.9 cm³/mol. The fraction of sp³-hybridized carbons (Fsp3) is 1.00. The zero-order valence-electron chi connectivity index (χ0n) is 15.3. The summed E-state index contributed by atoms with van der Waals surface area (Å²) in [4.78, 5) is 2.90. The maximum atomic E-state index is 3.78. The molecule has 0 aromatic heterocycles. The van der Waals surface area contributed by atoms with Crippen molar-refractivity contribution >= 4 is 0 Å². The van der Waals surface area contributed by atoms with Gasteiger partial charge in [0.2, 0.25) is 0 Å². The molecule has 2 heteroatoms. The Morgan fingerprint density at radius 3 is 2.19 bits per heavy atom. The van der Waals surface area contributed by atoms with Gasteiger partial charge in [-0.15, -0.1) is 0 Å². The van der Waals surface area contributed by atoms with Gasteiger partial charge in [-0.05, 0) is 51.1 Å². The molecule has 1 fully saturated rings. The van der Waals surface area contributed by atoms with E-state index in [0.717, 1.165) is 24.5 Å². The van der Waals surface area contributed by atoms with Crippen LogP contribution in [0.1, 0.15) is 86.0 Å². The number of nitrogens with zero attached hydrogens (tertiary/aromatic N) is 1. The molecule has 0 aromatic carbocycles. The summed E-state index contributed by atoms with van der Waals surface area (Å²) >= 11 is 0. The highest BCUT2D eigenvalue weighted by Crippen LogP contribution is 2.28. The molecule has 0 saturated heterocycles. The van der Waals surface area contributed by atoms with Crippen LogP contribution in [0.5, 0.6) is 0 Å². The first-order chi connectivity index (χ1) is 10.1. The minimum Gasteiger partial charge on any atom is -0.313 e. The molecule has 0 amide bonds. The van der Waals surface area contributed by atoms with Crippen LogP contribution in [-0.4, -0.2) is 36.1 Å². The topological polar surface area (TPSA) is 15.3 Å². The second-order valence-corrected chi connectivity index (χ2v) is 7.29. The molecule has 21 heavy (non-hydrogen) atoms. The molecule has 2 atom stereocenters. The van der Waals surface area contributed by atoms with Gasteiger partial charge in [-0.1, -0.05) is 53.9 Å². The summed E-state index contributed by atoms with van der Waals surface area (Å²) in [5.74, 6) is 0.815. The van der Waals surface area contributed by atoms with E-state index in [2.05, 4.69) is 44.8 Å². The number of hydrogen-bond acceptors (Lipinski definition) is 2. The van der Waals surface area contributed by atoms with Crippen LogP contribution in [0.2, 0.25) is 0 Å². The lowest BCUT2D eigenvalue weighted by Gasteiger charge is -2.41. The first-order valence-electron chi connectivity index (χ1n) is 9.63. The van der Waals surface area contributed by atoms with Crippen molar-refractivity contribution in [2.75, 3.05) is 13.1 Å². The van der Waals surface area contributed by atoms with Crippen LogP contribution in [0.15, 0.2) is 0 Å². The summed E-state index contributed by atoms with van der Waals surface area (Å²) < 4.78 is 0. The SMILES string of the molecule is CCCC(NCC)C(CC)N(CCC(C)C)C1CCCC1. The zero-order chi connectivity index (χ0) is 15.7. The van der Waals surface area contributed by atoms with E-state index in [9.17, 15) is 0 Å². The summed E-state index contributed by atoms with van der Waals surface area (Å²) in [6, 6.07) is 2.26. The molecule has 2 nitrogen and oxygen atoms in total. The molecular weight excluding hydrogens is 256 g/mol. The van der Waals surface area contributed by atoms with E-state index in [0.29, 0.717) is 6.04 Å². The Balaban J connectivity index is 2.78. The normalized spacial score (nSPS) is 19.6. The van der Waals surface area contributed by atoms with Crippen LogP contribution in [0.3, 0.4) is 0 Å². The Bertz CT molecular complexity index is 240. The van der Waals surface area contributed by atoms with Crippen LogP contribution >= 0.6 is 0 Å². The molecule has 126 valence electrons. The van der Waals surface area contributed by atoms with Gasteiger partial charge >= 0.3 is 0 Å². The first-order valence-corrected chi connectivity index (χ1v) is 9.63. The summed E-state index contributed by atoms with van der Waals surface area (Å²) in [5.41, 5.74) is 0. The van der Waals surface area contributed by atoms with E-state index in [4.69, 9.17) is 0 Å². The fourth-order valence-electron chi connectivity index (χ4n) is 4.02. The fourth-order valence-corrected chi connectivity index (χ4v) is 4.02. The Hall–Kier alpha value is -0.0800. The van der Waals surface area contributed by atoms with Crippen LogP contribution in [0.25, 0.3) is 0 Å². The van der Waals surface area contributed by atoms with E-state index in [1.165, 1.54) is 57.9 Å². The lowest BCUT2D eigenvalue weighted by atomic mass is 9.96. The third-order valence-electron chi connectivity index (χ3n) is 5.13. The lowest BCUT2D eigenvalue weighted by molar-refractivity contribution is 0.0931. The maximum Gasteiger partial charge on any atom is 0.0249 e. The molecule has 1 saturated carbocycles. The third-order valence-corrected chi connectivity index (χ3v) is 5.13. The van der Waals surface area contributed by atoms with E-state index >= 15 is 0 Å². The molecule has 0 aromatic rings. The number of likely N-dealkylation sites (N-methyl/N-ethyl adjacent to an activating group) is 1. The van der Waals surface area contributed by atoms with Crippen molar-refractivity contribution in [2.45, 2.75) is 104 Å². The molecule has 0 aliphatic heterocycles. The molecular formula is C19H40N2. The van der Waals surface area contributed by atoms with Crippen molar-refractivity contribution in [3.05, 3.63) is 0 Å². The lowest BCUT2D eigenvalue weighted by Crippen LogP contribution is -2.53. The number of nitrogens with one attached hydrogen (secondary N) is 1. The van der Waals surface area contributed by atoms with Crippen molar-refractivity contribution in [3.63, 3.8) is 0 Å². The largest absolute Gasteiger partial charge is 0.313 e. The Labute approximate surface area is 134 Å². The molecule has 0 radical (unpaired) electrons. The minimum absolute atomic E-state index is 0.678. The molecule has 1 N–H and O–H groups in total. The van der Waals surface area contributed by atoms with Crippen LogP contribution < -0.4 is 5.32 Å². The Morgan fingerprint density at radius 1 is 1.05 bits per heavy atom.